The fraction of sp³-hybridized carbons (Fsp3) is 0.500. The van der Waals surface area contributed by atoms with Gasteiger partial charge in [-0.2, -0.15) is 0 Å². The van der Waals surface area contributed by atoms with Gasteiger partial charge in [0.1, 0.15) is 6.10 Å². The molecule has 0 saturated heterocycles. The molecule has 2 N–H and O–H groups in total. The number of hydrogen-bond donors (Lipinski definition) is 1. The van der Waals surface area contributed by atoms with E-state index in [1.54, 1.807) is 7.11 Å². The van der Waals surface area contributed by atoms with Crippen molar-refractivity contribution in [3.63, 3.8) is 0 Å². The van der Waals surface area contributed by atoms with Gasteiger partial charge in [0.2, 0.25) is 0 Å². The van der Waals surface area contributed by atoms with E-state index < -0.39 is 0 Å². The quantitative estimate of drug-likeness (QED) is 0.622. The third-order valence-electron chi connectivity index (χ3n) is 2.71. The van der Waals surface area contributed by atoms with Crippen molar-refractivity contribution in [1.82, 2.24) is 0 Å². The van der Waals surface area contributed by atoms with Crippen molar-refractivity contribution in [3.8, 4) is 0 Å². The van der Waals surface area contributed by atoms with Gasteiger partial charge < -0.3 is 15.2 Å². The van der Waals surface area contributed by atoms with Crippen LogP contribution >= 0.6 is 0 Å². The maximum Gasteiger partial charge on any atom is 0.306 e. The first-order valence-electron chi connectivity index (χ1n) is 6.06. The van der Waals surface area contributed by atoms with Gasteiger partial charge in [-0.15, -0.1) is 0 Å². The molecule has 0 aliphatic carbocycles. The van der Waals surface area contributed by atoms with E-state index >= 15 is 0 Å². The zero-order chi connectivity index (χ0) is 13.5. The number of ether oxygens (including phenoxy) is 2. The first-order chi connectivity index (χ1) is 8.52. The Morgan fingerprint density at radius 3 is 2.44 bits per heavy atom. The van der Waals surface area contributed by atoms with Crippen LogP contribution in [-0.2, 0) is 14.3 Å². The SMILES string of the molecule is COCC(C)OC(=O)CC(C)c1ccc(N)cc1. The second-order valence-corrected chi connectivity index (χ2v) is 4.53. The van der Waals surface area contributed by atoms with Gasteiger partial charge >= 0.3 is 5.97 Å². The highest BCUT2D eigenvalue weighted by atomic mass is 16.6. The number of benzene rings is 1. The number of anilines is 1. The molecule has 0 bridgehead atoms. The zero-order valence-electron chi connectivity index (χ0n) is 11.2. The molecule has 0 heterocycles. The molecule has 0 saturated carbocycles. The number of methoxy groups -OCH3 is 1. The molecule has 0 fully saturated rings. The summed E-state index contributed by atoms with van der Waals surface area (Å²) in [5, 5.41) is 0. The van der Waals surface area contributed by atoms with E-state index in [0.29, 0.717) is 13.0 Å². The van der Waals surface area contributed by atoms with Gasteiger partial charge in [0, 0.05) is 12.8 Å². The van der Waals surface area contributed by atoms with Gasteiger partial charge in [0.05, 0.1) is 13.0 Å². The summed E-state index contributed by atoms with van der Waals surface area (Å²) in [5.41, 5.74) is 7.43. The maximum absolute atomic E-state index is 11.7. The predicted molar refractivity (Wildman–Crippen MR) is 71.3 cm³/mol. The summed E-state index contributed by atoms with van der Waals surface area (Å²) < 4.78 is 10.1. The number of esters is 1. The average Bonchev–Trinajstić information content (AvgIpc) is 2.29. The summed E-state index contributed by atoms with van der Waals surface area (Å²) in [6, 6.07) is 7.55. The first-order valence-corrected chi connectivity index (χ1v) is 6.06. The maximum atomic E-state index is 11.7. The smallest absolute Gasteiger partial charge is 0.306 e. The molecule has 0 amide bonds. The standard InChI is InChI=1S/C14H21NO3/c1-10(12-4-6-13(15)7-5-12)8-14(16)18-11(2)9-17-3/h4-7,10-11H,8-9,15H2,1-3H3. The number of nitrogen functional groups attached to an aromatic ring is 1. The van der Waals surface area contributed by atoms with Crippen molar-refractivity contribution in [2.45, 2.75) is 32.3 Å². The van der Waals surface area contributed by atoms with E-state index in [1.807, 2.05) is 38.1 Å². The highest BCUT2D eigenvalue weighted by molar-refractivity contribution is 5.70. The number of rotatable bonds is 6. The summed E-state index contributed by atoms with van der Waals surface area (Å²) in [6.07, 6.45) is 0.152. The van der Waals surface area contributed by atoms with Crippen LogP contribution < -0.4 is 5.73 Å². The molecule has 1 rings (SSSR count). The number of nitrogens with two attached hydrogens (primary N) is 1. The lowest BCUT2D eigenvalue weighted by Gasteiger charge is -2.15. The lowest BCUT2D eigenvalue weighted by molar-refractivity contribution is -0.150. The molecule has 4 heteroatoms. The van der Waals surface area contributed by atoms with E-state index in [2.05, 4.69) is 0 Å². The predicted octanol–water partition coefficient (Wildman–Crippen LogP) is 2.34. The van der Waals surface area contributed by atoms with Gasteiger partial charge in [0.25, 0.3) is 0 Å². The van der Waals surface area contributed by atoms with Crippen LogP contribution in [0.15, 0.2) is 24.3 Å². The molecule has 0 aliphatic rings. The van der Waals surface area contributed by atoms with Crippen LogP contribution in [0.1, 0.15) is 31.7 Å². The van der Waals surface area contributed by atoms with E-state index in [9.17, 15) is 4.79 Å². The summed E-state index contributed by atoms with van der Waals surface area (Å²) in [4.78, 5) is 11.7. The van der Waals surface area contributed by atoms with Gasteiger partial charge in [-0.25, -0.2) is 0 Å². The molecule has 0 spiro atoms. The van der Waals surface area contributed by atoms with Crippen LogP contribution in [0.2, 0.25) is 0 Å². The Labute approximate surface area is 108 Å². The minimum atomic E-state index is -0.207. The molecule has 18 heavy (non-hydrogen) atoms. The van der Waals surface area contributed by atoms with Crippen molar-refractivity contribution in [2.75, 3.05) is 19.5 Å². The van der Waals surface area contributed by atoms with Gasteiger partial charge in [0.15, 0.2) is 0 Å². The minimum absolute atomic E-state index is 0.118. The van der Waals surface area contributed by atoms with E-state index in [4.69, 9.17) is 15.2 Å². The highest BCUT2D eigenvalue weighted by Crippen LogP contribution is 2.20. The summed E-state index contributed by atoms with van der Waals surface area (Å²) >= 11 is 0. The molecular formula is C14H21NO3. The second-order valence-electron chi connectivity index (χ2n) is 4.53. The highest BCUT2D eigenvalue weighted by Gasteiger charge is 2.14. The zero-order valence-corrected chi connectivity index (χ0v) is 11.2. The Hall–Kier alpha value is -1.55. The van der Waals surface area contributed by atoms with E-state index in [0.717, 1.165) is 11.3 Å². The lowest BCUT2D eigenvalue weighted by atomic mass is 9.98. The number of carbonyl (C=O) groups excluding carboxylic acids is 1. The van der Waals surface area contributed by atoms with Crippen molar-refractivity contribution < 1.29 is 14.3 Å². The van der Waals surface area contributed by atoms with Crippen LogP contribution in [0.5, 0.6) is 0 Å². The fourth-order valence-electron chi connectivity index (χ4n) is 1.73. The molecule has 2 atom stereocenters. The van der Waals surface area contributed by atoms with Gasteiger partial charge in [-0.3, -0.25) is 4.79 Å². The number of hydrogen-bond acceptors (Lipinski definition) is 4. The van der Waals surface area contributed by atoms with Crippen LogP contribution in [0.4, 0.5) is 5.69 Å². The topological polar surface area (TPSA) is 61.5 Å². The molecular weight excluding hydrogens is 230 g/mol. The Morgan fingerprint density at radius 1 is 1.28 bits per heavy atom. The van der Waals surface area contributed by atoms with Crippen LogP contribution in [0.3, 0.4) is 0 Å². The largest absolute Gasteiger partial charge is 0.460 e. The Morgan fingerprint density at radius 2 is 1.89 bits per heavy atom. The third kappa shape index (κ3) is 4.75. The molecule has 2 unspecified atom stereocenters. The molecule has 1 aromatic carbocycles. The molecule has 1 aromatic rings. The average molecular weight is 251 g/mol. The van der Waals surface area contributed by atoms with Crippen molar-refractivity contribution in [1.29, 1.82) is 0 Å². The van der Waals surface area contributed by atoms with Crippen molar-refractivity contribution in [3.05, 3.63) is 29.8 Å². The Kier molecular flexibility index (Phi) is 5.65. The second kappa shape index (κ2) is 7.01. The molecule has 0 radical (unpaired) electrons. The first kappa shape index (κ1) is 14.5. The minimum Gasteiger partial charge on any atom is -0.460 e. The molecule has 0 aromatic heterocycles. The fourth-order valence-corrected chi connectivity index (χ4v) is 1.73. The lowest BCUT2D eigenvalue weighted by Crippen LogP contribution is -2.20. The summed E-state index contributed by atoms with van der Waals surface area (Å²) in [5.74, 6) is -0.0864. The van der Waals surface area contributed by atoms with Gasteiger partial charge in [-0.1, -0.05) is 19.1 Å². The third-order valence-corrected chi connectivity index (χ3v) is 2.71. The Balaban J connectivity index is 2.46. The van der Waals surface area contributed by atoms with E-state index in [-0.39, 0.29) is 18.0 Å². The van der Waals surface area contributed by atoms with Crippen LogP contribution in [0.25, 0.3) is 0 Å². The van der Waals surface area contributed by atoms with Crippen molar-refractivity contribution >= 4 is 11.7 Å². The molecule has 100 valence electrons. The van der Waals surface area contributed by atoms with Crippen LogP contribution in [-0.4, -0.2) is 25.8 Å². The monoisotopic (exact) mass is 251 g/mol. The van der Waals surface area contributed by atoms with Crippen molar-refractivity contribution in [2.24, 2.45) is 0 Å². The summed E-state index contributed by atoms with van der Waals surface area (Å²) in [7, 11) is 1.58. The normalized spacial score (nSPS) is 13.9. The number of carbonyl (C=O) groups is 1. The molecule has 4 nitrogen and oxygen atoms in total. The molecule has 0 aliphatic heterocycles. The van der Waals surface area contributed by atoms with E-state index in [1.165, 1.54) is 0 Å². The summed E-state index contributed by atoms with van der Waals surface area (Å²) in [6.45, 7) is 4.23. The Bertz CT molecular complexity index is 375. The van der Waals surface area contributed by atoms with Crippen LogP contribution in [0, 0.1) is 0 Å². The van der Waals surface area contributed by atoms with Gasteiger partial charge in [-0.05, 0) is 30.5 Å².